The van der Waals surface area contributed by atoms with Gasteiger partial charge in [0.2, 0.25) is 0 Å². The lowest BCUT2D eigenvalue weighted by Gasteiger charge is -2.35. The van der Waals surface area contributed by atoms with E-state index in [1.54, 1.807) is 17.2 Å². The molecule has 1 N–H and O–H groups in total. The van der Waals surface area contributed by atoms with Gasteiger partial charge in [-0.25, -0.2) is 9.78 Å². The fourth-order valence-electron chi connectivity index (χ4n) is 4.67. The van der Waals surface area contributed by atoms with Crippen molar-refractivity contribution in [2.75, 3.05) is 26.2 Å². The number of carbonyl (C=O) groups excluding carboxylic acids is 1. The molecule has 176 valence electrons. The summed E-state index contributed by atoms with van der Waals surface area (Å²) in [5.74, 6) is 0. The molecule has 0 aromatic carbocycles. The number of carbonyl (C=O) groups is 1. The van der Waals surface area contributed by atoms with Gasteiger partial charge in [0.25, 0.3) is 0 Å². The van der Waals surface area contributed by atoms with Crippen LogP contribution in [0.3, 0.4) is 0 Å². The summed E-state index contributed by atoms with van der Waals surface area (Å²) in [5, 5.41) is 10.0. The number of piperidine rings is 1. The van der Waals surface area contributed by atoms with Crippen LogP contribution in [0.5, 0.6) is 0 Å². The van der Waals surface area contributed by atoms with Gasteiger partial charge in [-0.1, -0.05) is 0 Å². The SMILES string of the molecule is O=C1OCCN1C1CCN(Cc2nc3c(C(F)(F)F)cc(-c4ccoc4)cn3c2CO)CC1. The van der Waals surface area contributed by atoms with E-state index in [0.29, 0.717) is 55.3 Å². The maximum atomic E-state index is 13.9. The van der Waals surface area contributed by atoms with Crippen LogP contribution in [0.2, 0.25) is 0 Å². The Morgan fingerprint density at radius 1 is 1.18 bits per heavy atom. The number of hydrogen-bond donors (Lipinski definition) is 1. The van der Waals surface area contributed by atoms with Gasteiger partial charge in [-0.3, -0.25) is 4.90 Å². The molecule has 2 saturated heterocycles. The van der Waals surface area contributed by atoms with Crippen molar-refractivity contribution in [2.24, 2.45) is 0 Å². The molecule has 3 aromatic rings. The molecule has 2 fully saturated rings. The van der Waals surface area contributed by atoms with E-state index in [9.17, 15) is 23.1 Å². The lowest BCUT2D eigenvalue weighted by atomic mass is 10.0. The Labute approximate surface area is 187 Å². The number of fused-ring (bicyclic) bond motifs is 1. The predicted octanol–water partition coefficient (Wildman–Crippen LogP) is 3.52. The number of ether oxygens (including phenoxy) is 1. The van der Waals surface area contributed by atoms with Crippen molar-refractivity contribution in [3.63, 3.8) is 0 Å². The number of aromatic nitrogens is 2. The first-order chi connectivity index (χ1) is 15.8. The molecule has 2 aliphatic rings. The number of nitrogens with zero attached hydrogens (tertiary/aromatic N) is 4. The molecule has 0 unspecified atom stereocenters. The van der Waals surface area contributed by atoms with Crippen molar-refractivity contribution in [1.29, 1.82) is 0 Å². The van der Waals surface area contributed by atoms with E-state index >= 15 is 0 Å². The zero-order valence-corrected chi connectivity index (χ0v) is 17.7. The highest BCUT2D eigenvalue weighted by molar-refractivity contribution is 5.70. The summed E-state index contributed by atoms with van der Waals surface area (Å²) in [6.07, 6.45) is 0.902. The number of halogens is 3. The van der Waals surface area contributed by atoms with Crippen LogP contribution < -0.4 is 0 Å². The number of imidazole rings is 1. The highest BCUT2D eigenvalue weighted by Gasteiger charge is 2.36. The number of amides is 1. The smallest absolute Gasteiger partial charge is 0.420 e. The summed E-state index contributed by atoms with van der Waals surface area (Å²) in [5.41, 5.74) is 0.457. The van der Waals surface area contributed by atoms with E-state index in [1.165, 1.54) is 16.9 Å². The van der Waals surface area contributed by atoms with E-state index in [2.05, 4.69) is 9.88 Å². The summed E-state index contributed by atoms with van der Waals surface area (Å²) in [6, 6.07) is 2.74. The topological polar surface area (TPSA) is 83.5 Å². The Kier molecular flexibility index (Phi) is 5.53. The Morgan fingerprint density at radius 3 is 2.58 bits per heavy atom. The maximum absolute atomic E-state index is 13.9. The molecule has 0 saturated carbocycles. The van der Waals surface area contributed by atoms with Crippen LogP contribution in [-0.4, -0.2) is 62.7 Å². The van der Waals surface area contributed by atoms with Crippen LogP contribution in [0.1, 0.15) is 29.8 Å². The largest absolute Gasteiger partial charge is 0.472 e. The van der Waals surface area contributed by atoms with E-state index in [4.69, 9.17) is 9.15 Å². The second kappa shape index (κ2) is 8.38. The van der Waals surface area contributed by atoms with Crippen LogP contribution in [-0.2, 0) is 24.1 Å². The monoisotopic (exact) mass is 464 g/mol. The molecule has 0 aliphatic carbocycles. The van der Waals surface area contributed by atoms with Crippen molar-refractivity contribution in [2.45, 2.75) is 38.2 Å². The number of likely N-dealkylation sites (tertiary alicyclic amines) is 1. The molecule has 0 atom stereocenters. The number of hydrogen-bond acceptors (Lipinski definition) is 6. The van der Waals surface area contributed by atoms with Crippen LogP contribution in [0.25, 0.3) is 16.8 Å². The molecule has 8 nitrogen and oxygen atoms in total. The first-order valence-electron chi connectivity index (χ1n) is 10.8. The van der Waals surface area contributed by atoms with Crippen LogP contribution in [0, 0.1) is 0 Å². The highest BCUT2D eigenvalue weighted by atomic mass is 19.4. The zero-order valence-electron chi connectivity index (χ0n) is 17.7. The van der Waals surface area contributed by atoms with E-state index in [0.717, 1.165) is 18.9 Å². The summed E-state index contributed by atoms with van der Waals surface area (Å²) in [4.78, 5) is 19.9. The maximum Gasteiger partial charge on any atom is 0.420 e. The zero-order chi connectivity index (χ0) is 23.2. The minimum Gasteiger partial charge on any atom is -0.472 e. The quantitative estimate of drug-likeness (QED) is 0.622. The average molecular weight is 464 g/mol. The van der Waals surface area contributed by atoms with Gasteiger partial charge in [-0.2, -0.15) is 13.2 Å². The van der Waals surface area contributed by atoms with Crippen molar-refractivity contribution in [3.05, 3.63) is 47.8 Å². The van der Waals surface area contributed by atoms with Gasteiger partial charge in [0.1, 0.15) is 12.3 Å². The highest BCUT2D eigenvalue weighted by Crippen LogP contribution is 2.36. The van der Waals surface area contributed by atoms with Gasteiger partial charge in [-0.15, -0.1) is 0 Å². The van der Waals surface area contributed by atoms with Crippen molar-refractivity contribution in [1.82, 2.24) is 19.2 Å². The number of pyridine rings is 1. The minimum absolute atomic E-state index is 0.101. The molecule has 0 bridgehead atoms. The Balaban J connectivity index is 1.43. The van der Waals surface area contributed by atoms with Gasteiger partial charge >= 0.3 is 12.3 Å². The molecule has 0 spiro atoms. The van der Waals surface area contributed by atoms with Gasteiger partial charge in [-0.05, 0) is 25.0 Å². The Morgan fingerprint density at radius 2 is 1.97 bits per heavy atom. The molecule has 5 heterocycles. The molecule has 5 rings (SSSR count). The standard InChI is InChI=1S/C22H23F3N4O4/c23-22(24,25)17-9-15(14-3-7-32-13-14)10-29-19(12-30)18(26-20(17)29)11-27-4-1-16(2-5-27)28-6-8-33-21(28)31/h3,7,9-10,13,16,30H,1-2,4-6,8,11-12H2. The summed E-state index contributed by atoms with van der Waals surface area (Å²) in [7, 11) is 0. The van der Waals surface area contributed by atoms with Gasteiger partial charge < -0.3 is 23.6 Å². The number of aliphatic hydroxyl groups excluding tert-OH is 1. The predicted molar refractivity (Wildman–Crippen MR) is 110 cm³/mol. The molecule has 1 amide bonds. The van der Waals surface area contributed by atoms with Gasteiger partial charge in [0, 0.05) is 43.0 Å². The molecular weight excluding hydrogens is 441 g/mol. The van der Waals surface area contributed by atoms with Crippen molar-refractivity contribution in [3.8, 4) is 11.1 Å². The average Bonchev–Trinajstić information content (AvgIpc) is 3.52. The summed E-state index contributed by atoms with van der Waals surface area (Å²) < 4.78 is 53.0. The lowest BCUT2D eigenvalue weighted by molar-refractivity contribution is -0.136. The molecule has 11 heteroatoms. The van der Waals surface area contributed by atoms with Crippen molar-refractivity contribution < 1.29 is 32.2 Å². The second-order valence-electron chi connectivity index (χ2n) is 8.32. The van der Waals surface area contributed by atoms with E-state index < -0.39 is 18.3 Å². The summed E-state index contributed by atoms with van der Waals surface area (Å²) >= 11 is 0. The molecule has 0 radical (unpaired) electrons. The first-order valence-corrected chi connectivity index (χ1v) is 10.8. The number of rotatable bonds is 5. The summed E-state index contributed by atoms with van der Waals surface area (Å²) in [6.45, 7) is 2.19. The number of aliphatic hydroxyl groups is 1. The third-order valence-electron chi connectivity index (χ3n) is 6.38. The van der Waals surface area contributed by atoms with Crippen LogP contribution >= 0.6 is 0 Å². The fourth-order valence-corrected chi connectivity index (χ4v) is 4.67. The van der Waals surface area contributed by atoms with E-state index in [1.807, 2.05) is 0 Å². The Hall–Kier alpha value is -3.05. The molecule has 2 aliphatic heterocycles. The lowest BCUT2D eigenvalue weighted by Crippen LogP contribution is -2.45. The third-order valence-corrected chi connectivity index (χ3v) is 6.38. The third kappa shape index (κ3) is 4.06. The number of alkyl halides is 3. The second-order valence-corrected chi connectivity index (χ2v) is 8.32. The Bertz CT molecular complexity index is 1150. The van der Waals surface area contributed by atoms with Crippen LogP contribution in [0.15, 0.2) is 35.3 Å². The van der Waals surface area contributed by atoms with E-state index in [-0.39, 0.29) is 17.8 Å². The normalized spacial score (nSPS) is 18.4. The molecule has 3 aromatic heterocycles. The molecule has 33 heavy (non-hydrogen) atoms. The number of furan rings is 1. The van der Waals surface area contributed by atoms with Gasteiger partial charge in [0.15, 0.2) is 0 Å². The van der Waals surface area contributed by atoms with Crippen molar-refractivity contribution >= 4 is 11.7 Å². The fraction of sp³-hybridized carbons (Fsp3) is 0.455. The first kappa shape index (κ1) is 21.8. The van der Waals surface area contributed by atoms with Crippen LogP contribution in [0.4, 0.5) is 18.0 Å². The van der Waals surface area contributed by atoms with Gasteiger partial charge in [0.05, 0.1) is 42.6 Å². The minimum atomic E-state index is -4.61. The number of cyclic esters (lactones) is 1. The molecular formula is C22H23F3N4O4.